The van der Waals surface area contributed by atoms with Crippen LogP contribution >= 0.6 is 0 Å². The Labute approximate surface area is 95.7 Å². The van der Waals surface area contributed by atoms with Crippen LogP contribution in [0.2, 0.25) is 0 Å². The molecule has 90 valence electrons. The maximum atomic E-state index is 12.5. The third kappa shape index (κ3) is 2.58. The predicted octanol–water partition coefficient (Wildman–Crippen LogP) is 2.53. The number of nitrogens with zero attached hydrogens (tertiary/aromatic N) is 2. The van der Waals surface area contributed by atoms with Crippen molar-refractivity contribution in [3.8, 4) is 0 Å². The molecule has 0 aliphatic rings. The van der Waals surface area contributed by atoms with Gasteiger partial charge in [0.05, 0.1) is 18.3 Å². The number of nitrogens with two attached hydrogens (primary N) is 1. The third-order valence-electron chi connectivity index (χ3n) is 2.34. The minimum Gasteiger partial charge on any atom is -0.384 e. The van der Waals surface area contributed by atoms with Gasteiger partial charge in [0.1, 0.15) is 5.82 Å². The number of aromatic nitrogens is 2. The van der Waals surface area contributed by atoms with Crippen LogP contribution in [0.1, 0.15) is 11.1 Å². The average Bonchev–Trinajstić information content (AvgIpc) is 2.64. The van der Waals surface area contributed by atoms with E-state index in [4.69, 9.17) is 5.73 Å². The van der Waals surface area contributed by atoms with Gasteiger partial charge in [0.15, 0.2) is 0 Å². The Morgan fingerprint density at radius 2 is 2.00 bits per heavy atom. The van der Waals surface area contributed by atoms with Crippen molar-refractivity contribution in [3.05, 3.63) is 47.7 Å². The monoisotopic (exact) mass is 241 g/mol. The Bertz CT molecular complexity index is 517. The zero-order valence-electron chi connectivity index (χ0n) is 8.78. The van der Waals surface area contributed by atoms with Gasteiger partial charge in [0.2, 0.25) is 0 Å². The molecule has 0 saturated heterocycles. The number of hydrogen-bond acceptors (Lipinski definition) is 2. The number of anilines is 1. The number of halogens is 3. The van der Waals surface area contributed by atoms with Crippen LogP contribution in [0.3, 0.4) is 0 Å². The molecule has 2 N–H and O–H groups in total. The zero-order chi connectivity index (χ0) is 12.5. The number of rotatable bonds is 2. The number of alkyl halides is 3. The normalized spacial score (nSPS) is 11.7. The van der Waals surface area contributed by atoms with E-state index in [2.05, 4.69) is 5.10 Å². The minimum absolute atomic E-state index is 0.225. The number of hydrogen-bond donors (Lipinski definition) is 1. The first-order valence-corrected chi connectivity index (χ1v) is 4.90. The topological polar surface area (TPSA) is 43.8 Å². The van der Waals surface area contributed by atoms with Gasteiger partial charge in [-0.2, -0.15) is 18.3 Å². The van der Waals surface area contributed by atoms with Crippen LogP contribution < -0.4 is 5.73 Å². The second kappa shape index (κ2) is 4.12. The first-order valence-electron chi connectivity index (χ1n) is 4.90. The van der Waals surface area contributed by atoms with Crippen LogP contribution in [0.5, 0.6) is 0 Å². The highest BCUT2D eigenvalue weighted by molar-refractivity contribution is 5.30. The molecule has 17 heavy (non-hydrogen) atoms. The standard InChI is InChI=1S/C11H10F3N3/c12-11(13,14)9-3-1-2-8(6-9)7-17-10(15)4-5-16-17/h1-6H,7,15H2. The van der Waals surface area contributed by atoms with E-state index < -0.39 is 11.7 Å². The summed E-state index contributed by atoms with van der Waals surface area (Å²) in [6, 6.07) is 6.71. The molecule has 0 aliphatic heterocycles. The van der Waals surface area contributed by atoms with Crippen molar-refractivity contribution in [1.82, 2.24) is 9.78 Å². The zero-order valence-corrected chi connectivity index (χ0v) is 8.78. The molecule has 0 unspecified atom stereocenters. The summed E-state index contributed by atoms with van der Waals surface area (Å²) in [6.45, 7) is 0.225. The summed E-state index contributed by atoms with van der Waals surface area (Å²) in [5.74, 6) is 0.419. The van der Waals surface area contributed by atoms with Crippen molar-refractivity contribution in [3.63, 3.8) is 0 Å². The first kappa shape index (κ1) is 11.5. The average molecular weight is 241 g/mol. The molecule has 1 aromatic carbocycles. The molecule has 0 radical (unpaired) electrons. The van der Waals surface area contributed by atoms with E-state index in [-0.39, 0.29) is 6.54 Å². The molecular weight excluding hydrogens is 231 g/mol. The molecule has 1 aromatic heterocycles. The fraction of sp³-hybridized carbons (Fsp3) is 0.182. The molecule has 2 rings (SSSR count). The van der Waals surface area contributed by atoms with Gasteiger partial charge in [-0.05, 0) is 23.8 Å². The lowest BCUT2D eigenvalue weighted by atomic mass is 10.1. The molecule has 0 fully saturated rings. The van der Waals surface area contributed by atoms with Crippen molar-refractivity contribution in [2.24, 2.45) is 0 Å². The second-order valence-corrected chi connectivity index (χ2v) is 3.61. The van der Waals surface area contributed by atoms with Gasteiger partial charge in [0.25, 0.3) is 0 Å². The highest BCUT2D eigenvalue weighted by Crippen LogP contribution is 2.29. The molecular formula is C11H10F3N3. The third-order valence-corrected chi connectivity index (χ3v) is 2.34. The molecule has 6 heteroatoms. The van der Waals surface area contributed by atoms with E-state index in [0.29, 0.717) is 11.4 Å². The summed E-state index contributed by atoms with van der Waals surface area (Å²) in [5, 5.41) is 3.91. The van der Waals surface area contributed by atoms with Crippen LogP contribution in [-0.4, -0.2) is 9.78 Å². The fourth-order valence-electron chi connectivity index (χ4n) is 1.49. The summed E-state index contributed by atoms with van der Waals surface area (Å²) in [5.41, 5.74) is 5.43. The molecule has 0 saturated carbocycles. The summed E-state index contributed by atoms with van der Waals surface area (Å²) >= 11 is 0. The molecule has 0 atom stereocenters. The maximum Gasteiger partial charge on any atom is 0.416 e. The molecule has 0 bridgehead atoms. The summed E-state index contributed by atoms with van der Waals surface area (Å²) in [4.78, 5) is 0. The van der Waals surface area contributed by atoms with Gasteiger partial charge in [-0.1, -0.05) is 12.1 Å². The lowest BCUT2D eigenvalue weighted by Crippen LogP contribution is -2.08. The Kier molecular flexibility index (Phi) is 2.79. The summed E-state index contributed by atoms with van der Waals surface area (Å²) in [7, 11) is 0. The van der Waals surface area contributed by atoms with Gasteiger partial charge in [-0.3, -0.25) is 0 Å². The summed E-state index contributed by atoms with van der Waals surface area (Å²) in [6.07, 6.45) is -2.82. The molecule has 2 aromatic rings. The minimum atomic E-state index is -4.33. The predicted molar refractivity (Wildman–Crippen MR) is 57.2 cm³/mol. The van der Waals surface area contributed by atoms with Gasteiger partial charge >= 0.3 is 6.18 Å². The van der Waals surface area contributed by atoms with E-state index in [9.17, 15) is 13.2 Å². The van der Waals surface area contributed by atoms with Crippen LogP contribution in [0.15, 0.2) is 36.5 Å². The van der Waals surface area contributed by atoms with E-state index in [1.54, 1.807) is 12.1 Å². The molecule has 3 nitrogen and oxygen atoms in total. The van der Waals surface area contributed by atoms with Gasteiger partial charge in [-0.15, -0.1) is 0 Å². The largest absolute Gasteiger partial charge is 0.416 e. The quantitative estimate of drug-likeness (QED) is 0.878. The highest BCUT2D eigenvalue weighted by atomic mass is 19.4. The molecule has 0 aliphatic carbocycles. The Balaban J connectivity index is 2.26. The maximum absolute atomic E-state index is 12.5. The Morgan fingerprint density at radius 1 is 1.24 bits per heavy atom. The van der Waals surface area contributed by atoms with Gasteiger partial charge in [0, 0.05) is 0 Å². The van der Waals surface area contributed by atoms with Crippen molar-refractivity contribution < 1.29 is 13.2 Å². The summed E-state index contributed by atoms with van der Waals surface area (Å²) < 4.78 is 38.9. The molecule has 0 spiro atoms. The van der Waals surface area contributed by atoms with Crippen molar-refractivity contribution in [2.75, 3.05) is 5.73 Å². The smallest absolute Gasteiger partial charge is 0.384 e. The van der Waals surface area contributed by atoms with E-state index in [0.717, 1.165) is 12.1 Å². The van der Waals surface area contributed by atoms with Gasteiger partial charge < -0.3 is 5.73 Å². The van der Waals surface area contributed by atoms with E-state index in [1.807, 2.05) is 0 Å². The highest BCUT2D eigenvalue weighted by Gasteiger charge is 2.30. The molecule has 1 heterocycles. The van der Waals surface area contributed by atoms with Crippen molar-refractivity contribution >= 4 is 5.82 Å². The van der Waals surface area contributed by atoms with Crippen LogP contribution in [0, 0.1) is 0 Å². The van der Waals surface area contributed by atoms with Crippen LogP contribution in [0.4, 0.5) is 19.0 Å². The van der Waals surface area contributed by atoms with Crippen molar-refractivity contribution in [1.29, 1.82) is 0 Å². The fourth-order valence-corrected chi connectivity index (χ4v) is 1.49. The lowest BCUT2D eigenvalue weighted by molar-refractivity contribution is -0.137. The van der Waals surface area contributed by atoms with Crippen molar-refractivity contribution in [2.45, 2.75) is 12.7 Å². The SMILES string of the molecule is Nc1ccnn1Cc1cccc(C(F)(F)F)c1. The number of nitrogen functional groups attached to an aromatic ring is 1. The Morgan fingerprint density at radius 3 is 2.59 bits per heavy atom. The van der Waals surface area contributed by atoms with Crippen LogP contribution in [0.25, 0.3) is 0 Å². The molecule has 0 amide bonds. The first-order chi connectivity index (χ1) is 7.97. The number of benzene rings is 1. The van der Waals surface area contributed by atoms with E-state index >= 15 is 0 Å². The Hall–Kier alpha value is -1.98. The van der Waals surface area contributed by atoms with E-state index in [1.165, 1.54) is 16.9 Å². The lowest BCUT2D eigenvalue weighted by Gasteiger charge is -2.09. The second-order valence-electron chi connectivity index (χ2n) is 3.61. The van der Waals surface area contributed by atoms with Gasteiger partial charge in [-0.25, -0.2) is 4.68 Å². The van der Waals surface area contributed by atoms with Crippen LogP contribution in [-0.2, 0) is 12.7 Å².